The van der Waals surface area contributed by atoms with E-state index in [0.717, 1.165) is 11.4 Å². The van der Waals surface area contributed by atoms with E-state index in [9.17, 15) is 4.79 Å². The van der Waals surface area contributed by atoms with Crippen molar-refractivity contribution in [2.75, 3.05) is 18.4 Å². The van der Waals surface area contributed by atoms with Gasteiger partial charge >= 0.3 is 6.03 Å². The molecular formula is C17H21N5O. The Morgan fingerprint density at radius 2 is 2.00 bits per heavy atom. The lowest BCUT2D eigenvalue weighted by atomic mass is 10.1. The summed E-state index contributed by atoms with van der Waals surface area (Å²) in [5.41, 5.74) is 4.35. The van der Waals surface area contributed by atoms with E-state index in [1.807, 2.05) is 36.0 Å². The van der Waals surface area contributed by atoms with Crippen LogP contribution in [-0.2, 0) is 0 Å². The van der Waals surface area contributed by atoms with Crippen molar-refractivity contribution < 1.29 is 4.79 Å². The number of nitrogens with zero attached hydrogens (tertiary/aromatic N) is 4. The first-order chi connectivity index (χ1) is 11.1. The number of hydrogen-bond donors (Lipinski definition) is 1. The van der Waals surface area contributed by atoms with Crippen molar-refractivity contribution in [1.82, 2.24) is 19.9 Å². The second-order valence-corrected chi connectivity index (χ2v) is 6.69. The van der Waals surface area contributed by atoms with Crippen molar-refractivity contribution in [2.24, 2.45) is 0 Å². The Bertz CT molecular complexity index is 743. The molecule has 0 unspecified atom stereocenters. The van der Waals surface area contributed by atoms with Gasteiger partial charge in [0.2, 0.25) is 0 Å². The summed E-state index contributed by atoms with van der Waals surface area (Å²) in [7, 11) is 0. The Kier molecular flexibility index (Phi) is 3.32. The fourth-order valence-corrected chi connectivity index (χ4v) is 2.85. The molecule has 2 amide bonds. The molecule has 2 aromatic rings. The normalized spacial score (nSPS) is 17.9. The fraction of sp³-hybridized carbons (Fsp3) is 0.471. The maximum absolute atomic E-state index is 12.3. The Morgan fingerprint density at radius 3 is 2.70 bits per heavy atom. The zero-order chi connectivity index (χ0) is 16.0. The highest BCUT2D eigenvalue weighted by Gasteiger charge is 2.34. The first-order valence-electron chi connectivity index (χ1n) is 8.15. The van der Waals surface area contributed by atoms with Crippen LogP contribution < -0.4 is 5.32 Å². The molecule has 0 radical (unpaired) electrons. The first-order valence-corrected chi connectivity index (χ1v) is 8.15. The minimum atomic E-state index is -0.0490. The summed E-state index contributed by atoms with van der Waals surface area (Å²) in [5.74, 6) is 0.619. The standard InChI is InChI=1S/C17H21N5O/c1-11-3-6-14(7-12(11)2)18-17(23)21-8-15(9-21)22-10-16(19-20-22)13-4-5-13/h3,6-7,10,13,15H,4-5,8-9H2,1-2H3,(H,18,23). The lowest BCUT2D eigenvalue weighted by Crippen LogP contribution is -2.52. The van der Waals surface area contributed by atoms with Crippen molar-refractivity contribution >= 4 is 11.7 Å². The van der Waals surface area contributed by atoms with Gasteiger partial charge in [0.05, 0.1) is 11.7 Å². The monoisotopic (exact) mass is 311 g/mol. The van der Waals surface area contributed by atoms with Crippen LogP contribution in [0.25, 0.3) is 0 Å². The van der Waals surface area contributed by atoms with E-state index in [-0.39, 0.29) is 12.1 Å². The molecule has 1 aromatic heterocycles. The van der Waals surface area contributed by atoms with Crippen LogP contribution >= 0.6 is 0 Å². The van der Waals surface area contributed by atoms with Gasteiger partial charge in [-0.25, -0.2) is 9.48 Å². The Hall–Kier alpha value is -2.37. The number of anilines is 1. The van der Waals surface area contributed by atoms with Crippen LogP contribution in [0.15, 0.2) is 24.4 Å². The molecule has 0 atom stereocenters. The number of amides is 2. The summed E-state index contributed by atoms with van der Waals surface area (Å²) in [6.07, 6.45) is 4.50. The molecule has 2 aliphatic rings. The topological polar surface area (TPSA) is 63.1 Å². The van der Waals surface area contributed by atoms with Crippen LogP contribution in [0.3, 0.4) is 0 Å². The number of likely N-dealkylation sites (tertiary alicyclic amines) is 1. The van der Waals surface area contributed by atoms with Crippen LogP contribution in [-0.4, -0.2) is 39.0 Å². The van der Waals surface area contributed by atoms with Gasteiger partial charge in [0.25, 0.3) is 0 Å². The number of hydrogen-bond acceptors (Lipinski definition) is 3. The van der Waals surface area contributed by atoms with Gasteiger partial charge in [0, 0.05) is 30.9 Å². The zero-order valence-electron chi connectivity index (χ0n) is 13.5. The summed E-state index contributed by atoms with van der Waals surface area (Å²) in [5, 5.41) is 11.4. The largest absolute Gasteiger partial charge is 0.321 e. The first kappa shape index (κ1) is 14.2. The number of aryl methyl sites for hydroxylation is 2. The molecular weight excluding hydrogens is 290 g/mol. The smallest absolute Gasteiger partial charge is 0.320 e. The third-order valence-corrected chi connectivity index (χ3v) is 4.81. The number of benzene rings is 1. The van der Waals surface area contributed by atoms with Gasteiger partial charge in [-0.15, -0.1) is 5.10 Å². The average molecular weight is 311 g/mol. The Labute approximate surface area is 135 Å². The van der Waals surface area contributed by atoms with Crippen molar-refractivity contribution in [3.8, 4) is 0 Å². The van der Waals surface area contributed by atoms with Gasteiger partial charge in [-0.2, -0.15) is 0 Å². The van der Waals surface area contributed by atoms with E-state index in [2.05, 4.69) is 22.6 Å². The quantitative estimate of drug-likeness (QED) is 0.948. The van der Waals surface area contributed by atoms with Gasteiger partial charge < -0.3 is 10.2 Å². The minimum Gasteiger partial charge on any atom is -0.320 e. The second-order valence-electron chi connectivity index (χ2n) is 6.69. The lowest BCUT2D eigenvalue weighted by Gasteiger charge is -2.38. The second kappa shape index (κ2) is 5.37. The molecule has 1 aliphatic heterocycles. The number of aromatic nitrogens is 3. The van der Waals surface area contributed by atoms with Crippen LogP contribution in [0.2, 0.25) is 0 Å². The average Bonchev–Trinajstić information content (AvgIpc) is 3.21. The molecule has 0 spiro atoms. The number of rotatable bonds is 3. The fourth-order valence-electron chi connectivity index (χ4n) is 2.85. The third-order valence-electron chi connectivity index (χ3n) is 4.81. The Morgan fingerprint density at radius 1 is 1.22 bits per heavy atom. The third kappa shape index (κ3) is 2.81. The van der Waals surface area contributed by atoms with E-state index in [1.165, 1.54) is 24.0 Å². The molecule has 4 rings (SSSR count). The molecule has 2 fully saturated rings. The molecule has 1 N–H and O–H groups in total. The number of urea groups is 1. The van der Waals surface area contributed by atoms with Crippen LogP contribution in [0.1, 0.15) is 41.6 Å². The molecule has 1 aliphatic carbocycles. The predicted octanol–water partition coefficient (Wildman–Crippen LogP) is 2.86. The van der Waals surface area contributed by atoms with Crippen molar-refractivity contribution in [2.45, 2.75) is 38.6 Å². The zero-order valence-corrected chi connectivity index (χ0v) is 13.5. The van der Waals surface area contributed by atoms with Crippen LogP contribution in [0, 0.1) is 13.8 Å². The Balaban J connectivity index is 1.33. The molecule has 6 nitrogen and oxygen atoms in total. The van der Waals surface area contributed by atoms with Gasteiger partial charge in [0.1, 0.15) is 0 Å². The molecule has 6 heteroatoms. The van der Waals surface area contributed by atoms with Crippen molar-refractivity contribution in [1.29, 1.82) is 0 Å². The molecule has 2 heterocycles. The summed E-state index contributed by atoms with van der Waals surface area (Å²) in [6.45, 7) is 5.48. The van der Waals surface area contributed by atoms with E-state index in [1.54, 1.807) is 4.90 Å². The molecule has 1 aromatic carbocycles. The summed E-state index contributed by atoms with van der Waals surface area (Å²) in [4.78, 5) is 14.1. The lowest BCUT2D eigenvalue weighted by molar-refractivity contribution is 0.127. The summed E-state index contributed by atoms with van der Waals surface area (Å²) < 4.78 is 1.91. The molecule has 23 heavy (non-hydrogen) atoms. The predicted molar refractivity (Wildman–Crippen MR) is 87.5 cm³/mol. The molecule has 0 bridgehead atoms. The highest BCUT2D eigenvalue weighted by Crippen LogP contribution is 2.39. The van der Waals surface area contributed by atoms with Crippen LogP contribution in [0.5, 0.6) is 0 Å². The van der Waals surface area contributed by atoms with Gasteiger partial charge in [-0.3, -0.25) is 0 Å². The van der Waals surface area contributed by atoms with Gasteiger partial charge in [-0.1, -0.05) is 11.3 Å². The number of nitrogens with one attached hydrogen (secondary N) is 1. The summed E-state index contributed by atoms with van der Waals surface area (Å²) >= 11 is 0. The van der Waals surface area contributed by atoms with E-state index in [0.29, 0.717) is 19.0 Å². The van der Waals surface area contributed by atoms with E-state index in [4.69, 9.17) is 0 Å². The van der Waals surface area contributed by atoms with E-state index >= 15 is 0 Å². The van der Waals surface area contributed by atoms with Crippen molar-refractivity contribution in [3.63, 3.8) is 0 Å². The summed E-state index contributed by atoms with van der Waals surface area (Å²) in [6, 6.07) is 6.17. The number of carbonyl (C=O) groups excluding carboxylic acids is 1. The molecule has 1 saturated heterocycles. The maximum Gasteiger partial charge on any atom is 0.321 e. The SMILES string of the molecule is Cc1ccc(NC(=O)N2CC(n3cc(C4CC4)nn3)C2)cc1C. The highest BCUT2D eigenvalue weighted by atomic mass is 16.2. The van der Waals surface area contributed by atoms with Crippen molar-refractivity contribution in [3.05, 3.63) is 41.2 Å². The maximum atomic E-state index is 12.3. The molecule has 1 saturated carbocycles. The number of carbonyl (C=O) groups is 1. The van der Waals surface area contributed by atoms with Gasteiger partial charge in [0.15, 0.2) is 0 Å². The van der Waals surface area contributed by atoms with Crippen LogP contribution in [0.4, 0.5) is 10.5 Å². The minimum absolute atomic E-state index is 0.0490. The highest BCUT2D eigenvalue weighted by molar-refractivity contribution is 5.90. The van der Waals surface area contributed by atoms with E-state index < -0.39 is 0 Å². The molecule has 120 valence electrons. The van der Waals surface area contributed by atoms with Gasteiger partial charge in [-0.05, 0) is 49.9 Å².